The van der Waals surface area contributed by atoms with Crippen LogP contribution in [0.25, 0.3) is 6.08 Å². The minimum atomic E-state index is -1.70. The maximum atomic E-state index is 12.5. The minimum Gasteiger partial charge on any atom is -0.493 e. The van der Waals surface area contributed by atoms with Crippen LogP contribution in [-0.2, 0) is 20.7 Å². The quantitative estimate of drug-likeness (QED) is 0.189. The molecule has 0 aliphatic rings. The Bertz CT molecular complexity index is 1080. The number of nitrogens with zero attached hydrogens (tertiary/aromatic N) is 1. The van der Waals surface area contributed by atoms with E-state index in [2.05, 4.69) is 10.6 Å². The van der Waals surface area contributed by atoms with Crippen LogP contribution in [0, 0.1) is 11.3 Å². The van der Waals surface area contributed by atoms with Crippen LogP contribution in [0.4, 0.5) is 0 Å². The lowest BCUT2D eigenvalue weighted by atomic mass is 9.76. The molecule has 36 heavy (non-hydrogen) atoms. The fourth-order valence-electron chi connectivity index (χ4n) is 3.42. The van der Waals surface area contributed by atoms with Crippen LogP contribution in [-0.4, -0.2) is 60.8 Å². The summed E-state index contributed by atoms with van der Waals surface area (Å²) in [6.45, 7) is 3.92. The molecule has 0 bridgehead atoms. The van der Waals surface area contributed by atoms with Crippen molar-refractivity contribution in [1.82, 2.24) is 10.6 Å². The minimum absolute atomic E-state index is 0.00148. The molecule has 10 heteroatoms. The zero-order chi connectivity index (χ0) is 26.6. The van der Waals surface area contributed by atoms with E-state index in [1.807, 2.05) is 36.4 Å². The molecule has 4 N–H and O–H groups in total. The largest absolute Gasteiger partial charge is 0.493 e. The van der Waals surface area contributed by atoms with Crippen molar-refractivity contribution in [1.29, 1.82) is 5.26 Å². The van der Waals surface area contributed by atoms with Gasteiger partial charge in [-0.1, -0.05) is 42.5 Å². The van der Waals surface area contributed by atoms with Crippen LogP contribution >= 0.6 is 0 Å². The molecule has 1 atom stereocenters. The molecule has 0 aliphatic heterocycles. The molecule has 2 rings (SSSR count). The van der Waals surface area contributed by atoms with Crippen molar-refractivity contribution in [3.05, 3.63) is 71.3 Å². The van der Waals surface area contributed by atoms with E-state index in [4.69, 9.17) is 9.47 Å². The summed E-state index contributed by atoms with van der Waals surface area (Å²) in [6.07, 6.45) is 1.73. The second kappa shape index (κ2) is 14.0. The Hall–Kier alpha value is -3.65. The molecule has 2 amide bonds. The molecule has 9 nitrogen and oxygen atoms in total. The van der Waals surface area contributed by atoms with Crippen molar-refractivity contribution in [2.45, 2.75) is 38.2 Å². The first-order valence-corrected chi connectivity index (χ1v) is 11.5. The zero-order valence-corrected chi connectivity index (χ0v) is 20.7. The zero-order valence-electron chi connectivity index (χ0n) is 20.7. The Labute approximate surface area is 211 Å². The number of carbonyl (C=O) groups is 2. The number of methoxy groups -OCH3 is 1. The fourth-order valence-corrected chi connectivity index (χ4v) is 3.42. The van der Waals surface area contributed by atoms with Crippen LogP contribution in [0.2, 0.25) is 0 Å². The van der Waals surface area contributed by atoms with Gasteiger partial charge in [0.05, 0.1) is 31.1 Å². The summed E-state index contributed by atoms with van der Waals surface area (Å²) < 4.78 is 10.7. The van der Waals surface area contributed by atoms with E-state index in [-0.39, 0.29) is 30.9 Å². The second-order valence-corrected chi connectivity index (χ2v) is 8.89. The molecule has 190 valence electrons. The first-order chi connectivity index (χ1) is 17.1. The van der Waals surface area contributed by atoms with Crippen LogP contribution in [0.3, 0.4) is 0 Å². The number of carbonyl (C=O) groups excluding carboxylic acids is 2. The van der Waals surface area contributed by atoms with Gasteiger partial charge in [-0.05, 0) is 49.6 Å². The molecule has 0 aromatic heterocycles. The molecule has 0 saturated heterocycles. The van der Waals surface area contributed by atoms with Gasteiger partial charge in [0.1, 0.15) is 17.4 Å². The van der Waals surface area contributed by atoms with E-state index in [0.717, 1.165) is 5.56 Å². The number of hydrogen-bond donors (Lipinski definition) is 4. The van der Waals surface area contributed by atoms with E-state index in [9.17, 15) is 24.9 Å². The van der Waals surface area contributed by atoms with Crippen LogP contribution in [0.1, 0.15) is 31.4 Å². The monoisotopic (exact) mass is 493 g/mol. The van der Waals surface area contributed by atoms with E-state index in [0.29, 0.717) is 17.9 Å². The SMILES string of the molecule is COCC(C)(C)NC(=O)C(C#N)=Cc1cccc(OCCC(=O)N[C@@H](Cc2ccccc2)B(O)O)c1. The predicted molar refractivity (Wildman–Crippen MR) is 137 cm³/mol. The standard InChI is InChI=1S/C26H32BN3O6/c1-26(2,18-35-3)30-25(32)21(17-28)14-20-10-7-11-22(15-20)36-13-12-24(31)29-23(27(33)34)16-19-8-5-4-6-9-19/h4-11,14-15,23,33-34H,12-13,16,18H2,1-3H3,(H,29,31)(H,30,32)/t23-/m0/s1. The summed E-state index contributed by atoms with van der Waals surface area (Å²) in [5.41, 5.74) is 0.742. The second-order valence-electron chi connectivity index (χ2n) is 8.89. The van der Waals surface area contributed by atoms with Gasteiger partial charge in [0.2, 0.25) is 5.91 Å². The molecule has 0 radical (unpaired) electrons. The lowest BCUT2D eigenvalue weighted by Gasteiger charge is -2.24. The van der Waals surface area contributed by atoms with Crippen molar-refractivity contribution in [2.75, 3.05) is 20.3 Å². The van der Waals surface area contributed by atoms with Crippen LogP contribution in [0.5, 0.6) is 5.75 Å². The smallest absolute Gasteiger partial charge is 0.475 e. The Morgan fingerprint density at radius 3 is 2.53 bits per heavy atom. The number of amides is 2. The molecule has 2 aromatic rings. The van der Waals surface area contributed by atoms with Gasteiger partial charge in [-0.2, -0.15) is 5.26 Å². The molecule has 0 saturated carbocycles. The highest BCUT2D eigenvalue weighted by Crippen LogP contribution is 2.17. The first kappa shape index (κ1) is 28.6. The number of benzene rings is 2. The Morgan fingerprint density at radius 2 is 1.89 bits per heavy atom. The maximum Gasteiger partial charge on any atom is 0.475 e. The normalized spacial score (nSPS) is 12.3. The highest BCUT2D eigenvalue weighted by Gasteiger charge is 2.25. The van der Waals surface area contributed by atoms with Gasteiger partial charge < -0.3 is 30.2 Å². The van der Waals surface area contributed by atoms with Gasteiger partial charge in [0, 0.05) is 7.11 Å². The molecule has 0 heterocycles. The third kappa shape index (κ3) is 9.92. The lowest BCUT2D eigenvalue weighted by molar-refractivity contribution is -0.122. The highest BCUT2D eigenvalue weighted by molar-refractivity contribution is 6.43. The molecular weight excluding hydrogens is 461 g/mol. The van der Waals surface area contributed by atoms with Crippen LogP contribution in [0.15, 0.2) is 60.2 Å². The average Bonchev–Trinajstić information content (AvgIpc) is 2.82. The summed E-state index contributed by atoms with van der Waals surface area (Å²) in [5, 5.41) is 34.1. The fraction of sp³-hybridized carbons (Fsp3) is 0.346. The lowest BCUT2D eigenvalue weighted by Crippen LogP contribution is -2.48. The Balaban J connectivity index is 1.93. The molecule has 2 aromatic carbocycles. The Morgan fingerprint density at radius 1 is 1.17 bits per heavy atom. The highest BCUT2D eigenvalue weighted by atomic mass is 16.5. The molecule has 0 spiro atoms. The number of ether oxygens (including phenoxy) is 2. The van der Waals surface area contributed by atoms with Crippen molar-refractivity contribution in [2.24, 2.45) is 0 Å². The first-order valence-electron chi connectivity index (χ1n) is 11.5. The van der Waals surface area contributed by atoms with Gasteiger partial charge in [0.15, 0.2) is 0 Å². The van der Waals surface area contributed by atoms with Crippen molar-refractivity contribution < 1.29 is 29.1 Å². The average molecular weight is 493 g/mol. The summed E-state index contributed by atoms with van der Waals surface area (Å²) in [4.78, 5) is 24.8. The summed E-state index contributed by atoms with van der Waals surface area (Å²) in [5.74, 6) is -1.30. The topological polar surface area (TPSA) is 141 Å². The number of nitrogens with one attached hydrogen (secondary N) is 2. The molecule has 0 aliphatic carbocycles. The van der Waals surface area contributed by atoms with Gasteiger partial charge in [0.25, 0.3) is 5.91 Å². The number of rotatable bonds is 13. The molecule has 0 fully saturated rings. The third-order valence-electron chi connectivity index (χ3n) is 5.09. The Kier molecular flexibility index (Phi) is 11.2. The van der Waals surface area contributed by atoms with Crippen molar-refractivity contribution in [3.63, 3.8) is 0 Å². The van der Waals surface area contributed by atoms with Crippen molar-refractivity contribution in [3.8, 4) is 11.8 Å². The summed E-state index contributed by atoms with van der Waals surface area (Å²) in [7, 11) is -0.173. The third-order valence-corrected chi connectivity index (χ3v) is 5.09. The molecule has 0 unspecified atom stereocenters. The van der Waals surface area contributed by atoms with E-state index in [1.165, 1.54) is 13.2 Å². The van der Waals surface area contributed by atoms with E-state index < -0.39 is 24.5 Å². The predicted octanol–water partition coefficient (Wildman–Crippen LogP) is 1.64. The molecular formula is C26H32BN3O6. The van der Waals surface area contributed by atoms with Crippen LogP contribution < -0.4 is 15.4 Å². The number of hydrogen-bond acceptors (Lipinski definition) is 7. The maximum absolute atomic E-state index is 12.5. The van der Waals surface area contributed by atoms with Gasteiger partial charge >= 0.3 is 7.12 Å². The summed E-state index contributed by atoms with van der Waals surface area (Å²) in [6, 6.07) is 17.9. The van der Waals surface area contributed by atoms with Crippen molar-refractivity contribution >= 4 is 25.0 Å². The van der Waals surface area contributed by atoms with E-state index in [1.54, 1.807) is 38.1 Å². The number of nitriles is 1. The summed E-state index contributed by atoms with van der Waals surface area (Å²) >= 11 is 0. The van der Waals surface area contributed by atoms with Gasteiger partial charge in [-0.15, -0.1) is 0 Å². The van der Waals surface area contributed by atoms with Gasteiger partial charge in [-0.25, -0.2) is 0 Å². The van der Waals surface area contributed by atoms with Gasteiger partial charge in [-0.3, -0.25) is 9.59 Å². The van der Waals surface area contributed by atoms with E-state index >= 15 is 0 Å².